The summed E-state index contributed by atoms with van der Waals surface area (Å²) in [6, 6.07) is 11.0. The molecule has 0 aliphatic carbocycles. The molecule has 7 nitrogen and oxygen atoms in total. The summed E-state index contributed by atoms with van der Waals surface area (Å²) in [4.78, 5) is 14.0. The van der Waals surface area contributed by atoms with Gasteiger partial charge in [-0.05, 0) is 19.1 Å². The summed E-state index contributed by atoms with van der Waals surface area (Å²) < 4.78 is 16.3. The third-order valence-electron chi connectivity index (χ3n) is 3.99. The number of methoxy groups -OCH3 is 1. The van der Waals surface area contributed by atoms with Crippen LogP contribution in [0.4, 0.5) is 0 Å². The summed E-state index contributed by atoms with van der Waals surface area (Å²) in [6.45, 7) is 3.19. The number of carbonyl (C=O) groups is 1. The van der Waals surface area contributed by atoms with E-state index in [2.05, 4.69) is 10.2 Å². The van der Waals surface area contributed by atoms with Gasteiger partial charge in [-0.2, -0.15) is 0 Å². The number of aromatic nitrogens is 2. The zero-order valence-corrected chi connectivity index (χ0v) is 14.3. The first kappa shape index (κ1) is 17.0. The molecule has 1 atom stereocenters. The van der Waals surface area contributed by atoms with E-state index in [1.807, 2.05) is 31.2 Å². The lowest BCUT2D eigenvalue weighted by molar-refractivity contribution is -0.132. The van der Waals surface area contributed by atoms with Crippen molar-refractivity contribution in [2.75, 3.05) is 26.8 Å². The lowest BCUT2D eigenvalue weighted by atomic mass is 10.2. The fourth-order valence-electron chi connectivity index (χ4n) is 2.57. The number of benzene rings is 1. The molecule has 1 amide bonds. The van der Waals surface area contributed by atoms with Gasteiger partial charge in [0, 0.05) is 25.1 Å². The average molecular weight is 343 g/mol. The lowest BCUT2D eigenvalue weighted by Crippen LogP contribution is -2.34. The van der Waals surface area contributed by atoms with Crippen molar-refractivity contribution in [3.8, 4) is 17.5 Å². The van der Waals surface area contributed by atoms with Crippen molar-refractivity contribution in [3.63, 3.8) is 0 Å². The molecule has 132 valence electrons. The summed E-state index contributed by atoms with van der Waals surface area (Å²) in [7, 11) is 1.53. The Bertz CT molecular complexity index is 703. The van der Waals surface area contributed by atoms with E-state index in [4.69, 9.17) is 14.2 Å². The highest BCUT2D eigenvalue weighted by atomic mass is 16.5. The van der Waals surface area contributed by atoms with Crippen molar-refractivity contribution in [1.29, 1.82) is 0 Å². The first-order chi connectivity index (χ1) is 12.1. The number of likely N-dealkylation sites (tertiary alicyclic amines) is 1. The van der Waals surface area contributed by atoms with Crippen LogP contribution in [-0.2, 0) is 4.79 Å². The molecule has 1 aromatic heterocycles. The second-order valence-corrected chi connectivity index (χ2v) is 5.88. The molecule has 0 unspecified atom stereocenters. The number of amides is 1. The summed E-state index contributed by atoms with van der Waals surface area (Å²) in [5.41, 5.74) is 1.15. The molecular weight excluding hydrogens is 322 g/mol. The van der Waals surface area contributed by atoms with Crippen LogP contribution in [0.15, 0.2) is 36.4 Å². The number of rotatable bonds is 6. The third kappa shape index (κ3) is 4.59. The van der Waals surface area contributed by atoms with Gasteiger partial charge >= 0.3 is 0 Å². The van der Waals surface area contributed by atoms with Crippen LogP contribution in [0.25, 0.3) is 0 Å². The Labute approximate surface area is 146 Å². The van der Waals surface area contributed by atoms with Gasteiger partial charge in [0.2, 0.25) is 11.8 Å². The summed E-state index contributed by atoms with van der Waals surface area (Å²) in [5, 5.41) is 7.81. The maximum absolute atomic E-state index is 12.3. The van der Waals surface area contributed by atoms with Crippen LogP contribution in [-0.4, -0.2) is 53.9 Å². The first-order valence-electron chi connectivity index (χ1n) is 8.15. The molecule has 1 aromatic carbocycles. The van der Waals surface area contributed by atoms with Crippen molar-refractivity contribution in [2.45, 2.75) is 19.4 Å². The van der Waals surface area contributed by atoms with Gasteiger partial charge in [-0.15, -0.1) is 10.2 Å². The molecule has 25 heavy (non-hydrogen) atoms. The molecule has 2 aromatic rings. The fraction of sp³-hybridized carbons (Fsp3) is 0.389. The standard InChI is InChI=1S/C18H21N3O4/c1-13-3-5-14(6-4-13)24-12-18(22)21-10-9-15(11-21)25-17-8-7-16(23-2)19-20-17/h3-8,15H,9-12H2,1-2H3/t15-/m0/s1. The molecule has 1 fully saturated rings. The van der Waals surface area contributed by atoms with E-state index in [-0.39, 0.29) is 18.6 Å². The SMILES string of the molecule is COc1ccc(O[C@H]2CCN(C(=O)COc3ccc(C)cc3)C2)nn1. The molecular formula is C18H21N3O4. The van der Waals surface area contributed by atoms with Gasteiger partial charge in [-0.25, -0.2) is 0 Å². The highest BCUT2D eigenvalue weighted by Crippen LogP contribution is 2.18. The topological polar surface area (TPSA) is 73.8 Å². The van der Waals surface area contributed by atoms with E-state index in [1.165, 1.54) is 7.11 Å². The molecule has 3 rings (SSSR count). The van der Waals surface area contributed by atoms with Crippen molar-refractivity contribution in [3.05, 3.63) is 42.0 Å². The summed E-state index contributed by atoms with van der Waals surface area (Å²) >= 11 is 0. The predicted octanol–water partition coefficient (Wildman–Crippen LogP) is 1.85. The van der Waals surface area contributed by atoms with Gasteiger partial charge in [-0.1, -0.05) is 17.7 Å². The van der Waals surface area contributed by atoms with Crippen LogP contribution in [0.5, 0.6) is 17.5 Å². The van der Waals surface area contributed by atoms with E-state index in [0.717, 1.165) is 12.0 Å². The summed E-state index contributed by atoms with van der Waals surface area (Å²) in [6.07, 6.45) is 0.662. The minimum Gasteiger partial charge on any atom is -0.484 e. The van der Waals surface area contributed by atoms with Crippen molar-refractivity contribution < 1.29 is 19.0 Å². The summed E-state index contributed by atoms with van der Waals surface area (Å²) in [5.74, 6) is 1.51. The highest BCUT2D eigenvalue weighted by Gasteiger charge is 2.28. The number of carbonyl (C=O) groups excluding carboxylic acids is 1. The molecule has 0 saturated carbocycles. The molecule has 1 aliphatic rings. The van der Waals surface area contributed by atoms with Crippen LogP contribution in [0, 0.1) is 6.92 Å². The Morgan fingerprint density at radius 3 is 2.56 bits per heavy atom. The number of ether oxygens (including phenoxy) is 3. The zero-order chi connectivity index (χ0) is 17.6. The Morgan fingerprint density at radius 1 is 1.16 bits per heavy atom. The van der Waals surface area contributed by atoms with Gasteiger partial charge in [0.1, 0.15) is 11.9 Å². The van der Waals surface area contributed by atoms with E-state index < -0.39 is 0 Å². The fourth-order valence-corrected chi connectivity index (χ4v) is 2.57. The van der Waals surface area contributed by atoms with Crippen LogP contribution < -0.4 is 14.2 Å². The Kier molecular flexibility index (Phi) is 5.33. The second-order valence-electron chi connectivity index (χ2n) is 5.88. The second kappa shape index (κ2) is 7.83. The molecule has 1 saturated heterocycles. The van der Waals surface area contributed by atoms with Gasteiger partial charge in [0.05, 0.1) is 13.7 Å². The van der Waals surface area contributed by atoms with Crippen LogP contribution in [0.1, 0.15) is 12.0 Å². The molecule has 0 N–H and O–H groups in total. The van der Waals surface area contributed by atoms with Gasteiger partial charge in [0.25, 0.3) is 5.91 Å². The highest BCUT2D eigenvalue weighted by molar-refractivity contribution is 5.78. The zero-order valence-electron chi connectivity index (χ0n) is 14.3. The van der Waals surface area contributed by atoms with Crippen LogP contribution >= 0.6 is 0 Å². The number of nitrogens with zero attached hydrogens (tertiary/aromatic N) is 3. The van der Waals surface area contributed by atoms with Crippen LogP contribution in [0.2, 0.25) is 0 Å². The van der Waals surface area contributed by atoms with Crippen molar-refractivity contribution in [1.82, 2.24) is 15.1 Å². The van der Waals surface area contributed by atoms with E-state index in [1.54, 1.807) is 17.0 Å². The number of aryl methyl sites for hydroxylation is 1. The molecule has 7 heteroatoms. The maximum Gasteiger partial charge on any atom is 0.260 e. The largest absolute Gasteiger partial charge is 0.484 e. The third-order valence-corrected chi connectivity index (χ3v) is 3.99. The molecule has 0 spiro atoms. The predicted molar refractivity (Wildman–Crippen MR) is 90.9 cm³/mol. The Balaban J connectivity index is 1.46. The van der Waals surface area contributed by atoms with Crippen LogP contribution in [0.3, 0.4) is 0 Å². The first-order valence-corrected chi connectivity index (χ1v) is 8.15. The minimum atomic E-state index is -0.0916. The number of hydrogen-bond donors (Lipinski definition) is 0. The van der Waals surface area contributed by atoms with E-state index in [9.17, 15) is 4.79 Å². The maximum atomic E-state index is 12.3. The van der Waals surface area contributed by atoms with E-state index >= 15 is 0 Å². The van der Waals surface area contributed by atoms with Gasteiger partial charge < -0.3 is 19.1 Å². The number of hydrogen-bond acceptors (Lipinski definition) is 6. The minimum absolute atomic E-state index is 0.0259. The lowest BCUT2D eigenvalue weighted by Gasteiger charge is -2.17. The van der Waals surface area contributed by atoms with Crippen molar-refractivity contribution >= 4 is 5.91 Å². The normalized spacial score (nSPS) is 16.6. The average Bonchev–Trinajstić information content (AvgIpc) is 3.10. The smallest absolute Gasteiger partial charge is 0.260 e. The Hall–Kier alpha value is -2.83. The molecule has 2 heterocycles. The van der Waals surface area contributed by atoms with Gasteiger partial charge in [-0.3, -0.25) is 4.79 Å². The molecule has 0 bridgehead atoms. The Morgan fingerprint density at radius 2 is 1.88 bits per heavy atom. The van der Waals surface area contributed by atoms with E-state index in [0.29, 0.717) is 30.6 Å². The quantitative estimate of drug-likeness (QED) is 0.797. The van der Waals surface area contributed by atoms with Gasteiger partial charge in [0.15, 0.2) is 6.61 Å². The molecule has 0 radical (unpaired) electrons. The van der Waals surface area contributed by atoms with Crippen molar-refractivity contribution in [2.24, 2.45) is 0 Å². The molecule has 1 aliphatic heterocycles. The monoisotopic (exact) mass is 343 g/mol.